The number of ether oxygens (including phenoxy) is 1. The van der Waals surface area contributed by atoms with E-state index in [0.29, 0.717) is 17.7 Å². The van der Waals surface area contributed by atoms with Crippen LogP contribution >= 0.6 is 0 Å². The second-order valence-electron chi connectivity index (χ2n) is 5.46. The van der Waals surface area contributed by atoms with Gasteiger partial charge in [-0.2, -0.15) is 0 Å². The molecule has 1 N–H and O–H groups in total. The van der Waals surface area contributed by atoms with E-state index in [1.807, 2.05) is 0 Å². The minimum atomic E-state index is -0.464. The maximum absolute atomic E-state index is 12.3. The normalized spacial score (nSPS) is 18.4. The molecule has 1 fully saturated rings. The zero-order valence-electron chi connectivity index (χ0n) is 12.9. The molecule has 120 valence electrons. The van der Waals surface area contributed by atoms with E-state index in [2.05, 4.69) is 10.2 Å². The molecule has 0 aliphatic carbocycles. The van der Waals surface area contributed by atoms with Crippen molar-refractivity contribution in [3.63, 3.8) is 0 Å². The molecular formula is C15H21N3O4. The molecule has 22 heavy (non-hydrogen) atoms. The second-order valence-corrected chi connectivity index (χ2v) is 5.46. The highest BCUT2D eigenvalue weighted by Gasteiger charge is 2.25. The van der Waals surface area contributed by atoms with Crippen molar-refractivity contribution in [3.05, 3.63) is 39.4 Å². The molecule has 1 atom stereocenters. The van der Waals surface area contributed by atoms with Crippen molar-refractivity contribution in [2.45, 2.75) is 19.4 Å². The van der Waals surface area contributed by atoms with Crippen molar-refractivity contribution < 1.29 is 14.5 Å². The van der Waals surface area contributed by atoms with E-state index in [1.54, 1.807) is 26.2 Å². The molecule has 1 aromatic rings. The van der Waals surface area contributed by atoms with E-state index in [4.69, 9.17) is 4.74 Å². The van der Waals surface area contributed by atoms with Crippen molar-refractivity contribution in [2.75, 3.05) is 33.4 Å². The van der Waals surface area contributed by atoms with Crippen molar-refractivity contribution in [3.8, 4) is 0 Å². The van der Waals surface area contributed by atoms with Crippen LogP contribution in [0.15, 0.2) is 18.2 Å². The fraction of sp³-hybridized carbons (Fsp3) is 0.533. The van der Waals surface area contributed by atoms with E-state index < -0.39 is 4.92 Å². The SMILES string of the molecule is COCCN1CC[C@@H](NC(=O)c2cccc([N+](=O)[O-])c2C)C1. The zero-order valence-corrected chi connectivity index (χ0v) is 12.9. The largest absolute Gasteiger partial charge is 0.383 e. The average molecular weight is 307 g/mol. The van der Waals surface area contributed by atoms with E-state index in [1.165, 1.54) is 6.07 Å². The Morgan fingerprint density at radius 1 is 1.55 bits per heavy atom. The molecule has 2 rings (SSSR count). The Morgan fingerprint density at radius 3 is 3.00 bits per heavy atom. The Hall–Kier alpha value is -1.99. The predicted octanol–water partition coefficient (Wildman–Crippen LogP) is 1.35. The second kappa shape index (κ2) is 7.33. The number of methoxy groups -OCH3 is 1. The first-order chi connectivity index (χ1) is 10.5. The van der Waals surface area contributed by atoms with Gasteiger partial charge >= 0.3 is 0 Å². The van der Waals surface area contributed by atoms with Gasteiger partial charge in [0.2, 0.25) is 0 Å². The Labute approximate surface area is 129 Å². The van der Waals surface area contributed by atoms with Gasteiger partial charge in [0.15, 0.2) is 0 Å². The number of benzene rings is 1. The van der Waals surface area contributed by atoms with Gasteiger partial charge in [-0.15, -0.1) is 0 Å². The highest BCUT2D eigenvalue weighted by Crippen LogP contribution is 2.21. The van der Waals surface area contributed by atoms with E-state index >= 15 is 0 Å². The van der Waals surface area contributed by atoms with Gasteiger partial charge in [-0.25, -0.2) is 0 Å². The topological polar surface area (TPSA) is 84.7 Å². The number of hydrogen-bond acceptors (Lipinski definition) is 5. The number of carbonyl (C=O) groups is 1. The van der Waals surface area contributed by atoms with Gasteiger partial charge in [0.05, 0.1) is 11.5 Å². The number of likely N-dealkylation sites (tertiary alicyclic amines) is 1. The van der Waals surface area contributed by atoms with Crippen molar-refractivity contribution >= 4 is 11.6 Å². The third-order valence-electron chi connectivity index (χ3n) is 3.97. The number of amides is 1. The van der Waals surface area contributed by atoms with Crippen LogP contribution in [0.2, 0.25) is 0 Å². The lowest BCUT2D eigenvalue weighted by atomic mass is 10.1. The summed E-state index contributed by atoms with van der Waals surface area (Å²) in [6.07, 6.45) is 0.878. The number of nitro benzene ring substituents is 1. The molecule has 7 nitrogen and oxygen atoms in total. The summed E-state index contributed by atoms with van der Waals surface area (Å²) >= 11 is 0. The molecule has 7 heteroatoms. The molecule has 0 saturated carbocycles. The molecular weight excluding hydrogens is 286 g/mol. The van der Waals surface area contributed by atoms with Crippen LogP contribution in [0, 0.1) is 17.0 Å². The molecule has 1 aliphatic heterocycles. The zero-order chi connectivity index (χ0) is 16.1. The number of nitrogens with zero attached hydrogens (tertiary/aromatic N) is 2. The molecule has 1 heterocycles. The summed E-state index contributed by atoms with van der Waals surface area (Å²) in [7, 11) is 1.67. The lowest BCUT2D eigenvalue weighted by molar-refractivity contribution is -0.385. The lowest BCUT2D eigenvalue weighted by Gasteiger charge is -2.16. The third kappa shape index (κ3) is 3.80. The van der Waals surface area contributed by atoms with E-state index in [0.717, 1.165) is 26.1 Å². The van der Waals surface area contributed by atoms with Crippen molar-refractivity contribution in [1.29, 1.82) is 0 Å². The van der Waals surface area contributed by atoms with Crippen LogP contribution in [0.25, 0.3) is 0 Å². The van der Waals surface area contributed by atoms with Gasteiger partial charge in [-0.3, -0.25) is 19.8 Å². The van der Waals surface area contributed by atoms with E-state index in [-0.39, 0.29) is 17.6 Å². The standard InChI is InChI=1S/C15H21N3O4/c1-11-13(4-3-5-14(11)18(20)21)15(19)16-12-6-7-17(10-12)8-9-22-2/h3-5,12H,6-10H2,1-2H3,(H,16,19)/t12-/m1/s1. The van der Waals surface area contributed by atoms with Gasteiger partial charge in [0, 0.05) is 50.0 Å². The van der Waals surface area contributed by atoms with Crippen LogP contribution in [0.3, 0.4) is 0 Å². The summed E-state index contributed by atoms with van der Waals surface area (Å²) in [5.41, 5.74) is 0.740. The first-order valence-electron chi connectivity index (χ1n) is 7.29. The van der Waals surface area contributed by atoms with Crippen molar-refractivity contribution in [1.82, 2.24) is 10.2 Å². The molecule has 0 radical (unpaired) electrons. The molecule has 0 unspecified atom stereocenters. The van der Waals surface area contributed by atoms with Crippen LogP contribution < -0.4 is 5.32 Å². The molecule has 0 bridgehead atoms. The fourth-order valence-corrected chi connectivity index (χ4v) is 2.70. The van der Waals surface area contributed by atoms with Crippen LogP contribution in [0.4, 0.5) is 5.69 Å². The molecule has 1 aliphatic rings. The summed E-state index contributed by atoms with van der Waals surface area (Å²) in [6.45, 7) is 4.82. The molecule has 1 aromatic carbocycles. The minimum absolute atomic E-state index is 0.0270. The first kappa shape index (κ1) is 16.4. The number of carbonyl (C=O) groups excluding carboxylic acids is 1. The van der Waals surface area contributed by atoms with Crippen LogP contribution in [-0.4, -0.2) is 55.1 Å². The van der Waals surface area contributed by atoms with E-state index in [9.17, 15) is 14.9 Å². The Bertz CT molecular complexity index is 562. The van der Waals surface area contributed by atoms with Crippen molar-refractivity contribution in [2.24, 2.45) is 0 Å². The maximum Gasteiger partial charge on any atom is 0.273 e. The Morgan fingerprint density at radius 2 is 2.32 bits per heavy atom. The summed E-state index contributed by atoms with van der Waals surface area (Å²) < 4.78 is 5.05. The number of nitro groups is 1. The number of hydrogen-bond donors (Lipinski definition) is 1. The quantitative estimate of drug-likeness (QED) is 0.633. The minimum Gasteiger partial charge on any atom is -0.383 e. The smallest absolute Gasteiger partial charge is 0.273 e. The summed E-state index contributed by atoms with van der Waals surface area (Å²) in [4.78, 5) is 25.0. The van der Waals surface area contributed by atoms with Crippen LogP contribution in [0.1, 0.15) is 22.3 Å². The van der Waals surface area contributed by atoms with Gasteiger partial charge in [-0.05, 0) is 19.4 Å². The van der Waals surface area contributed by atoms with Gasteiger partial charge in [-0.1, -0.05) is 6.07 Å². The molecule has 0 spiro atoms. The highest BCUT2D eigenvalue weighted by molar-refractivity contribution is 5.96. The Kier molecular flexibility index (Phi) is 5.46. The van der Waals surface area contributed by atoms with Crippen LogP contribution in [-0.2, 0) is 4.74 Å². The lowest BCUT2D eigenvalue weighted by Crippen LogP contribution is -2.37. The van der Waals surface area contributed by atoms with Crippen LogP contribution in [0.5, 0.6) is 0 Å². The summed E-state index contributed by atoms with van der Waals surface area (Å²) in [5.74, 6) is -0.250. The number of rotatable bonds is 6. The average Bonchev–Trinajstić information content (AvgIpc) is 2.92. The summed E-state index contributed by atoms with van der Waals surface area (Å²) in [5, 5.41) is 13.9. The highest BCUT2D eigenvalue weighted by atomic mass is 16.6. The van der Waals surface area contributed by atoms with Gasteiger partial charge in [0.1, 0.15) is 0 Å². The molecule has 0 aromatic heterocycles. The van der Waals surface area contributed by atoms with Gasteiger partial charge in [0.25, 0.3) is 11.6 Å². The van der Waals surface area contributed by atoms with Gasteiger partial charge < -0.3 is 10.1 Å². The Balaban J connectivity index is 1.99. The maximum atomic E-state index is 12.3. The predicted molar refractivity (Wildman–Crippen MR) is 82.0 cm³/mol. The third-order valence-corrected chi connectivity index (χ3v) is 3.97. The fourth-order valence-electron chi connectivity index (χ4n) is 2.70. The molecule has 1 amide bonds. The molecule has 1 saturated heterocycles. The first-order valence-corrected chi connectivity index (χ1v) is 7.29. The summed E-state index contributed by atoms with van der Waals surface area (Å²) in [6, 6.07) is 4.64. The monoisotopic (exact) mass is 307 g/mol. The number of nitrogens with one attached hydrogen (secondary N) is 1.